The quantitative estimate of drug-likeness (QED) is 0.351. The topological polar surface area (TPSA) is 104 Å². The number of hydrogen-bond acceptors (Lipinski definition) is 7. The zero-order valence-corrected chi connectivity index (χ0v) is 25.7. The number of ether oxygens (including phenoxy) is 1. The van der Waals surface area contributed by atoms with Gasteiger partial charge in [0.25, 0.3) is 0 Å². The van der Waals surface area contributed by atoms with E-state index in [1.165, 1.54) is 7.11 Å². The number of methoxy groups -OCH3 is 1. The highest BCUT2D eigenvalue weighted by molar-refractivity contribution is 5.96. The number of amides is 2. The fourth-order valence-corrected chi connectivity index (χ4v) is 6.54. The summed E-state index contributed by atoms with van der Waals surface area (Å²) in [6.45, 7) is 3.91. The van der Waals surface area contributed by atoms with Crippen LogP contribution in [0.3, 0.4) is 0 Å². The van der Waals surface area contributed by atoms with Crippen LogP contribution >= 0.6 is 0 Å². The number of rotatable bonds is 10. The number of nitrogens with zero attached hydrogens (tertiary/aromatic N) is 4. The van der Waals surface area contributed by atoms with Gasteiger partial charge in [-0.1, -0.05) is 30.3 Å². The molecule has 9 heteroatoms. The number of aromatic nitrogens is 1. The molecule has 232 valence electrons. The van der Waals surface area contributed by atoms with Gasteiger partial charge in [-0.15, -0.1) is 0 Å². The Labute approximate surface area is 260 Å². The van der Waals surface area contributed by atoms with Crippen molar-refractivity contribution in [3.05, 3.63) is 72.4 Å². The Morgan fingerprint density at radius 1 is 0.909 bits per heavy atom. The second-order valence-electron chi connectivity index (χ2n) is 12.4. The third kappa shape index (κ3) is 7.22. The number of piperazine rings is 1. The molecule has 2 aliphatic carbocycles. The number of nitrogens with one attached hydrogen (secondary N) is 1. The summed E-state index contributed by atoms with van der Waals surface area (Å²) in [5, 5.41) is 3.09. The molecule has 9 nitrogen and oxygen atoms in total. The van der Waals surface area contributed by atoms with Crippen molar-refractivity contribution in [1.29, 1.82) is 0 Å². The molecule has 0 atom stereocenters. The maximum atomic E-state index is 13.4. The van der Waals surface area contributed by atoms with Crippen molar-refractivity contribution in [3.8, 4) is 11.1 Å². The van der Waals surface area contributed by atoms with E-state index in [4.69, 9.17) is 10.5 Å². The van der Waals surface area contributed by atoms with E-state index in [9.17, 15) is 9.59 Å². The minimum Gasteiger partial charge on any atom is -0.375 e. The van der Waals surface area contributed by atoms with Gasteiger partial charge in [-0.25, -0.2) is 4.98 Å². The zero-order valence-electron chi connectivity index (χ0n) is 25.7. The van der Waals surface area contributed by atoms with Gasteiger partial charge in [-0.3, -0.25) is 9.59 Å². The standard InChI is InChI=1S/C35H44N6O3/c1-44-24-34(42)38-31-22-28(10-15-32(31)39-17-19-40(20-18-39)33-7-2-3-16-37-33)27-6-4-5-25(21-27)23-41(35(43)26-8-9-26)30-13-11-29(36)12-14-30/h2-7,10,15-16,21-22,26,29-30H,8-9,11-14,17-20,23-24,36H2,1H3,(H,38,42). The molecule has 3 aliphatic rings. The van der Waals surface area contributed by atoms with Gasteiger partial charge in [0, 0.05) is 64.0 Å². The second kappa shape index (κ2) is 13.8. The molecule has 0 bridgehead atoms. The summed E-state index contributed by atoms with van der Waals surface area (Å²) in [5.74, 6) is 1.28. The molecule has 2 aromatic carbocycles. The van der Waals surface area contributed by atoms with Crippen LogP contribution in [0.5, 0.6) is 0 Å². The normalized spacial score (nSPS) is 20.3. The largest absolute Gasteiger partial charge is 0.375 e. The van der Waals surface area contributed by atoms with Crippen LogP contribution in [0.1, 0.15) is 44.1 Å². The van der Waals surface area contributed by atoms with Crippen molar-refractivity contribution in [2.75, 3.05) is 55.0 Å². The highest BCUT2D eigenvalue weighted by Gasteiger charge is 2.37. The van der Waals surface area contributed by atoms with Gasteiger partial charge in [-0.05, 0) is 85.5 Å². The van der Waals surface area contributed by atoms with Crippen molar-refractivity contribution in [2.45, 2.75) is 57.2 Å². The fourth-order valence-electron chi connectivity index (χ4n) is 6.54. The monoisotopic (exact) mass is 596 g/mol. The first-order valence-corrected chi connectivity index (χ1v) is 16.0. The Hall–Kier alpha value is -3.95. The van der Waals surface area contributed by atoms with E-state index in [2.05, 4.69) is 67.5 Å². The Morgan fingerprint density at radius 3 is 2.36 bits per heavy atom. The van der Waals surface area contributed by atoms with Crippen LogP contribution in [0.25, 0.3) is 11.1 Å². The van der Waals surface area contributed by atoms with E-state index < -0.39 is 0 Å². The average Bonchev–Trinajstić information content (AvgIpc) is 3.91. The summed E-state index contributed by atoms with van der Waals surface area (Å²) >= 11 is 0. The molecule has 3 fully saturated rings. The molecule has 44 heavy (non-hydrogen) atoms. The Kier molecular flexibility index (Phi) is 9.43. The number of anilines is 3. The van der Waals surface area contributed by atoms with Crippen molar-refractivity contribution in [3.63, 3.8) is 0 Å². The summed E-state index contributed by atoms with van der Waals surface area (Å²) in [5.41, 5.74) is 11.1. The molecule has 1 aromatic heterocycles. The van der Waals surface area contributed by atoms with E-state index in [-0.39, 0.29) is 30.5 Å². The van der Waals surface area contributed by atoms with E-state index in [1.54, 1.807) is 0 Å². The first-order chi connectivity index (χ1) is 21.5. The third-order valence-corrected chi connectivity index (χ3v) is 9.14. The van der Waals surface area contributed by atoms with Gasteiger partial charge in [0.1, 0.15) is 12.4 Å². The molecular formula is C35H44N6O3. The number of nitrogens with two attached hydrogens (primary N) is 1. The second-order valence-corrected chi connectivity index (χ2v) is 12.4. The van der Waals surface area contributed by atoms with Gasteiger partial charge < -0.3 is 30.5 Å². The predicted molar refractivity (Wildman–Crippen MR) is 175 cm³/mol. The molecule has 3 N–H and O–H groups in total. The van der Waals surface area contributed by atoms with Crippen LogP contribution in [-0.4, -0.2) is 73.7 Å². The van der Waals surface area contributed by atoms with Crippen LogP contribution in [0.2, 0.25) is 0 Å². The molecule has 0 unspecified atom stereocenters. The van der Waals surface area contributed by atoms with Crippen LogP contribution in [-0.2, 0) is 20.9 Å². The Bertz CT molecular complexity index is 1430. The van der Waals surface area contributed by atoms with Crippen molar-refractivity contribution in [1.82, 2.24) is 9.88 Å². The zero-order chi connectivity index (χ0) is 30.5. The molecule has 0 radical (unpaired) electrons. The summed E-state index contributed by atoms with van der Waals surface area (Å²) in [7, 11) is 1.53. The molecule has 2 saturated carbocycles. The maximum Gasteiger partial charge on any atom is 0.250 e. The smallest absolute Gasteiger partial charge is 0.250 e. The van der Waals surface area contributed by atoms with Crippen LogP contribution in [0.4, 0.5) is 17.2 Å². The lowest BCUT2D eigenvalue weighted by Gasteiger charge is -2.37. The summed E-state index contributed by atoms with van der Waals surface area (Å²) in [6, 6.07) is 21.2. The number of carbonyl (C=O) groups is 2. The van der Waals surface area contributed by atoms with Gasteiger partial charge in [-0.2, -0.15) is 0 Å². The molecule has 3 aromatic rings. The van der Waals surface area contributed by atoms with E-state index in [1.807, 2.05) is 24.4 Å². The van der Waals surface area contributed by atoms with Crippen molar-refractivity contribution < 1.29 is 14.3 Å². The molecule has 6 rings (SSSR count). The average molecular weight is 597 g/mol. The molecule has 0 spiro atoms. The Morgan fingerprint density at radius 2 is 1.66 bits per heavy atom. The van der Waals surface area contributed by atoms with Crippen LogP contribution < -0.4 is 20.9 Å². The minimum absolute atomic E-state index is 0.0104. The number of benzene rings is 2. The van der Waals surface area contributed by atoms with Gasteiger partial charge in [0.05, 0.1) is 11.4 Å². The van der Waals surface area contributed by atoms with E-state index in [0.29, 0.717) is 12.5 Å². The summed E-state index contributed by atoms with van der Waals surface area (Å²) < 4.78 is 5.11. The molecule has 1 aliphatic heterocycles. The SMILES string of the molecule is COCC(=O)Nc1cc(-c2cccc(CN(C(=O)C3CC3)C3CCC(N)CC3)c2)ccc1N1CCN(c2ccccn2)CC1. The van der Waals surface area contributed by atoms with Gasteiger partial charge in [0.15, 0.2) is 0 Å². The number of pyridine rings is 1. The summed E-state index contributed by atoms with van der Waals surface area (Å²) in [4.78, 5) is 37.3. The van der Waals surface area contributed by atoms with E-state index in [0.717, 1.165) is 98.6 Å². The van der Waals surface area contributed by atoms with Crippen LogP contribution in [0, 0.1) is 5.92 Å². The molecule has 1 saturated heterocycles. The minimum atomic E-state index is -0.187. The maximum absolute atomic E-state index is 13.4. The lowest BCUT2D eigenvalue weighted by atomic mass is 9.90. The first-order valence-electron chi connectivity index (χ1n) is 16.0. The fraction of sp³-hybridized carbons (Fsp3) is 0.457. The van der Waals surface area contributed by atoms with Crippen molar-refractivity contribution >= 4 is 29.0 Å². The highest BCUT2D eigenvalue weighted by Crippen LogP contribution is 2.36. The van der Waals surface area contributed by atoms with Crippen molar-refractivity contribution in [2.24, 2.45) is 11.7 Å². The number of carbonyl (C=O) groups excluding carboxylic acids is 2. The third-order valence-electron chi connectivity index (χ3n) is 9.14. The lowest BCUT2D eigenvalue weighted by Crippen LogP contribution is -2.47. The van der Waals surface area contributed by atoms with E-state index >= 15 is 0 Å². The molecular weight excluding hydrogens is 552 g/mol. The Balaban J connectivity index is 1.22. The molecule has 2 amide bonds. The first kappa shape index (κ1) is 30.1. The van der Waals surface area contributed by atoms with Crippen LogP contribution in [0.15, 0.2) is 66.9 Å². The van der Waals surface area contributed by atoms with Gasteiger partial charge >= 0.3 is 0 Å². The highest BCUT2D eigenvalue weighted by atomic mass is 16.5. The van der Waals surface area contributed by atoms with Gasteiger partial charge in [0.2, 0.25) is 11.8 Å². The predicted octanol–water partition coefficient (Wildman–Crippen LogP) is 4.67. The lowest BCUT2D eigenvalue weighted by molar-refractivity contribution is -0.136. The number of hydrogen-bond donors (Lipinski definition) is 2. The molecule has 2 heterocycles. The summed E-state index contributed by atoms with van der Waals surface area (Å²) in [6.07, 6.45) is 7.73.